The van der Waals surface area contributed by atoms with Crippen LogP contribution in [0.5, 0.6) is 0 Å². The molecule has 0 radical (unpaired) electrons. The second-order valence-corrected chi connectivity index (χ2v) is 9.62. The van der Waals surface area contributed by atoms with Crippen LogP contribution in [0.3, 0.4) is 0 Å². The van der Waals surface area contributed by atoms with Gasteiger partial charge in [-0.2, -0.15) is 5.26 Å². The minimum absolute atomic E-state index is 0.0278. The van der Waals surface area contributed by atoms with Crippen molar-refractivity contribution >= 4 is 29.3 Å². The number of aromatic nitrogens is 3. The van der Waals surface area contributed by atoms with Gasteiger partial charge in [-0.25, -0.2) is 0 Å². The molecule has 1 aliphatic rings. The third-order valence-electron chi connectivity index (χ3n) is 6.12. The van der Waals surface area contributed by atoms with Crippen LogP contribution in [0.4, 0.5) is 0 Å². The number of nitriles is 1. The summed E-state index contributed by atoms with van der Waals surface area (Å²) < 4.78 is 1.97. The Bertz CT molecular complexity index is 946. The molecule has 1 unspecified atom stereocenters. The van der Waals surface area contributed by atoms with Crippen molar-refractivity contribution in [1.29, 1.82) is 5.26 Å². The van der Waals surface area contributed by atoms with Gasteiger partial charge in [0, 0.05) is 17.8 Å². The summed E-state index contributed by atoms with van der Waals surface area (Å²) in [5.74, 6) is 0.917. The average molecular weight is 461 g/mol. The van der Waals surface area contributed by atoms with Gasteiger partial charge >= 0.3 is 0 Å². The predicted octanol–water partition coefficient (Wildman–Crippen LogP) is 4.32. The summed E-state index contributed by atoms with van der Waals surface area (Å²) in [7, 11) is 5.73. The molecule has 0 N–H and O–H groups in total. The highest BCUT2D eigenvalue weighted by Crippen LogP contribution is 2.33. The molecule has 1 amide bonds. The second kappa shape index (κ2) is 10.0. The molecular weight excluding hydrogens is 432 g/mol. The topological polar surface area (TPSA) is 78.0 Å². The number of benzene rings is 1. The van der Waals surface area contributed by atoms with Gasteiger partial charge in [0.15, 0.2) is 11.0 Å². The molecule has 1 aromatic heterocycles. The lowest BCUT2D eigenvalue weighted by Crippen LogP contribution is -2.50. The molecule has 1 aliphatic carbocycles. The van der Waals surface area contributed by atoms with Gasteiger partial charge in [0.2, 0.25) is 5.91 Å². The standard InChI is InChI=1S/C22H29ClN6OS/c1-16(27(2)3)20-25-26-21(29(20)18-10-8-17(23)9-11-18)31-14-19(30)28(4)22(15-24)12-6-5-7-13-22/h8-11,16H,5-7,12-14H2,1-4H3. The van der Waals surface area contributed by atoms with E-state index in [9.17, 15) is 10.1 Å². The van der Waals surface area contributed by atoms with E-state index in [0.717, 1.165) is 43.6 Å². The molecule has 9 heteroatoms. The van der Waals surface area contributed by atoms with E-state index >= 15 is 0 Å². The molecule has 1 atom stereocenters. The van der Waals surface area contributed by atoms with Crippen LogP contribution in [0.25, 0.3) is 5.69 Å². The van der Waals surface area contributed by atoms with Crippen LogP contribution in [-0.2, 0) is 4.79 Å². The van der Waals surface area contributed by atoms with E-state index in [1.807, 2.05) is 42.9 Å². The predicted molar refractivity (Wildman–Crippen MR) is 123 cm³/mol. The quantitative estimate of drug-likeness (QED) is 0.572. The number of hydrogen-bond donors (Lipinski definition) is 0. The highest BCUT2D eigenvalue weighted by molar-refractivity contribution is 7.99. The first-order chi connectivity index (χ1) is 14.8. The van der Waals surface area contributed by atoms with E-state index in [-0.39, 0.29) is 17.7 Å². The Morgan fingerprint density at radius 2 is 1.87 bits per heavy atom. The fourth-order valence-corrected chi connectivity index (χ4v) is 4.83. The molecule has 31 heavy (non-hydrogen) atoms. The summed E-state index contributed by atoms with van der Waals surface area (Å²) in [6.07, 6.45) is 4.56. The third-order valence-corrected chi connectivity index (χ3v) is 7.29. The summed E-state index contributed by atoms with van der Waals surface area (Å²) in [6.45, 7) is 2.06. The lowest BCUT2D eigenvalue weighted by molar-refractivity contribution is -0.131. The summed E-state index contributed by atoms with van der Waals surface area (Å²) in [6, 6.07) is 9.94. The molecule has 1 heterocycles. The first-order valence-corrected chi connectivity index (χ1v) is 11.8. The third kappa shape index (κ3) is 5.05. The fraction of sp³-hybridized carbons (Fsp3) is 0.545. The molecule has 166 valence electrons. The van der Waals surface area contributed by atoms with Crippen LogP contribution in [0.1, 0.15) is 50.9 Å². The summed E-state index contributed by atoms with van der Waals surface area (Å²) in [5, 5.41) is 19.9. The van der Waals surface area contributed by atoms with Gasteiger partial charge in [-0.3, -0.25) is 14.3 Å². The van der Waals surface area contributed by atoms with E-state index in [2.05, 4.69) is 28.1 Å². The first kappa shape index (κ1) is 23.6. The number of rotatable bonds is 7. The van der Waals surface area contributed by atoms with E-state index in [4.69, 9.17) is 11.6 Å². The largest absolute Gasteiger partial charge is 0.326 e. The van der Waals surface area contributed by atoms with Crippen LogP contribution in [0.2, 0.25) is 5.02 Å². The van der Waals surface area contributed by atoms with E-state index in [0.29, 0.717) is 10.2 Å². The van der Waals surface area contributed by atoms with Crippen molar-refractivity contribution in [2.75, 3.05) is 26.9 Å². The Labute approximate surface area is 193 Å². The van der Waals surface area contributed by atoms with Gasteiger partial charge in [-0.1, -0.05) is 42.6 Å². The molecule has 1 saturated carbocycles. The van der Waals surface area contributed by atoms with Gasteiger partial charge in [0.05, 0.1) is 17.9 Å². The Hall–Kier alpha value is -2.08. The van der Waals surface area contributed by atoms with Crippen molar-refractivity contribution in [3.05, 3.63) is 35.1 Å². The van der Waals surface area contributed by atoms with E-state index < -0.39 is 5.54 Å². The number of hydrogen-bond acceptors (Lipinski definition) is 6. The molecule has 1 fully saturated rings. The van der Waals surface area contributed by atoms with Crippen molar-refractivity contribution in [2.45, 2.75) is 55.8 Å². The normalized spacial score (nSPS) is 16.7. The van der Waals surface area contributed by atoms with Crippen molar-refractivity contribution in [1.82, 2.24) is 24.6 Å². The van der Waals surface area contributed by atoms with Gasteiger partial charge < -0.3 is 4.90 Å². The number of amides is 1. The molecule has 1 aromatic carbocycles. The van der Waals surface area contributed by atoms with E-state index in [1.165, 1.54) is 11.8 Å². The fourth-order valence-electron chi connectivity index (χ4n) is 3.83. The molecular formula is C22H29ClN6OS. The second-order valence-electron chi connectivity index (χ2n) is 8.24. The monoisotopic (exact) mass is 460 g/mol. The Morgan fingerprint density at radius 1 is 1.23 bits per heavy atom. The molecule has 0 saturated heterocycles. The SMILES string of the molecule is CC(c1nnc(SCC(=O)N(C)C2(C#N)CCCCC2)n1-c1ccc(Cl)cc1)N(C)C. The Balaban J connectivity index is 1.83. The average Bonchev–Trinajstić information content (AvgIpc) is 3.21. The highest BCUT2D eigenvalue weighted by atomic mass is 35.5. The van der Waals surface area contributed by atoms with Crippen LogP contribution < -0.4 is 0 Å². The molecule has 0 bridgehead atoms. The van der Waals surface area contributed by atoms with Crippen molar-refractivity contribution in [3.63, 3.8) is 0 Å². The van der Waals surface area contributed by atoms with Gasteiger partial charge in [0.25, 0.3) is 0 Å². The maximum Gasteiger partial charge on any atom is 0.234 e. The number of carbonyl (C=O) groups excluding carboxylic acids is 1. The molecule has 0 spiro atoms. The van der Waals surface area contributed by atoms with Crippen LogP contribution >= 0.6 is 23.4 Å². The highest BCUT2D eigenvalue weighted by Gasteiger charge is 2.38. The number of nitrogens with zero attached hydrogens (tertiary/aromatic N) is 6. The van der Waals surface area contributed by atoms with Crippen molar-refractivity contribution < 1.29 is 4.79 Å². The van der Waals surface area contributed by atoms with Gasteiger partial charge in [0.1, 0.15) is 5.54 Å². The Morgan fingerprint density at radius 3 is 2.45 bits per heavy atom. The van der Waals surface area contributed by atoms with Crippen molar-refractivity contribution in [3.8, 4) is 11.8 Å². The summed E-state index contributed by atoms with van der Waals surface area (Å²) in [4.78, 5) is 16.7. The number of carbonyl (C=O) groups is 1. The van der Waals surface area contributed by atoms with Crippen molar-refractivity contribution in [2.24, 2.45) is 0 Å². The summed E-state index contributed by atoms with van der Waals surface area (Å²) in [5.41, 5.74) is 0.201. The smallest absolute Gasteiger partial charge is 0.234 e. The minimum Gasteiger partial charge on any atom is -0.326 e. The molecule has 7 nitrogen and oxygen atoms in total. The van der Waals surface area contributed by atoms with Gasteiger partial charge in [-0.05, 0) is 58.1 Å². The zero-order valence-electron chi connectivity index (χ0n) is 18.5. The lowest BCUT2D eigenvalue weighted by atomic mass is 9.81. The molecule has 2 aromatic rings. The Kier molecular flexibility index (Phi) is 7.63. The minimum atomic E-state index is -0.690. The summed E-state index contributed by atoms with van der Waals surface area (Å²) >= 11 is 7.42. The zero-order chi connectivity index (χ0) is 22.6. The maximum atomic E-state index is 13.0. The van der Waals surface area contributed by atoms with Gasteiger partial charge in [-0.15, -0.1) is 10.2 Å². The number of halogens is 1. The first-order valence-electron chi connectivity index (χ1n) is 10.5. The molecule has 0 aliphatic heterocycles. The number of thioether (sulfide) groups is 1. The zero-order valence-corrected chi connectivity index (χ0v) is 20.1. The van der Waals surface area contributed by atoms with Crippen LogP contribution in [0.15, 0.2) is 29.4 Å². The molecule has 3 rings (SSSR count). The van der Waals surface area contributed by atoms with E-state index in [1.54, 1.807) is 11.9 Å². The maximum absolute atomic E-state index is 13.0. The lowest BCUT2D eigenvalue weighted by Gasteiger charge is -2.39. The van der Waals surface area contributed by atoms with Crippen LogP contribution in [0, 0.1) is 11.3 Å². The van der Waals surface area contributed by atoms with Crippen LogP contribution in [-0.4, -0.2) is 62.9 Å².